The van der Waals surface area contributed by atoms with E-state index < -0.39 is 0 Å². The van der Waals surface area contributed by atoms with E-state index in [4.69, 9.17) is 0 Å². The van der Waals surface area contributed by atoms with Crippen molar-refractivity contribution in [2.75, 3.05) is 6.54 Å². The van der Waals surface area contributed by atoms with E-state index in [2.05, 4.69) is 19.2 Å². The lowest BCUT2D eigenvalue weighted by Gasteiger charge is -2.16. The molecule has 0 spiro atoms. The molecule has 1 heterocycles. The van der Waals surface area contributed by atoms with E-state index in [-0.39, 0.29) is 24.3 Å². The number of carbonyl (C=O) groups is 2. The van der Waals surface area contributed by atoms with Gasteiger partial charge in [-0.3, -0.25) is 14.5 Å². The van der Waals surface area contributed by atoms with Gasteiger partial charge in [-0.2, -0.15) is 0 Å². The van der Waals surface area contributed by atoms with Crippen LogP contribution in [0.5, 0.6) is 0 Å². The number of rotatable bonds is 5. The topological polar surface area (TPSA) is 49.4 Å². The van der Waals surface area contributed by atoms with Crippen molar-refractivity contribution in [1.82, 2.24) is 10.2 Å². The lowest BCUT2D eigenvalue weighted by atomic mass is 10.2. The molecule has 0 radical (unpaired) electrons. The fourth-order valence-electron chi connectivity index (χ4n) is 2.15. The first-order chi connectivity index (χ1) is 9.08. The minimum atomic E-state index is -0.349. The van der Waals surface area contributed by atoms with Gasteiger partial charge < -0.3 is 5.32 Å². The predicted octanol–water partition coefficient (Wildman–Crippen LogP) is 1.56. The molecule has 0 aromatic heterocycles. The van der Waals surface area contributed by atoms with Crippen molar-refractivity contribution in [2.45, 2.75) is 32.9 Å². The Kier molecular flexibility index (Phi) is 4.32. The summed E-state index contributed by atoms with van der Waals surface area (Å²) >= 11 is 0. The lowest BCUT2D eigenvalue weighted by Crippen LogP contribution is -2.39. The predicted molar refractivity (Wildman–Crippen MR) is 73.2 cm³/mol. The van der Waals surface area contributed by atoms with E-state index in [1.807, 2.05) is 30.3 Å². The number of hydrogen-bond donors (Lipinski definition) is 1. The van der Waals surface area contributed by atoms with Gasteiger partial charge in [0.2, 0.25) is 11.8 Å². The first-order valence-corrected chi connectivity index (χ1v) is 6.69. The van der Waals surface area contributed by atoms with Crippen LogP contribution in [0.4, 0.5) is 0 Å². The molecule has 0 unspecified atom stereocenters. The fraction of sp³-hybridized carbons (Fsp3) is 0.467. The molecule has 19 heavy (non-hydrogen) atoms. The van der Waals surface area contributed by atoms with Crippen LogP contribution in [-0.4, -0.2) is 29.3 Å². The largest absolute Gasteiger partial charge is 0.305 e. The highest BCUT2D eigenvalue weighted by Gasteiger charge is 2.37. The zero-order chi connectivity index (χ0) is 13.8. The minimum Gasteiger partial charge on any atom is -0.305 e. The van der Waals surface area contributed by atoms with Gasteiger partial charge in [-0.25, -0.2) is 0 Å². The molecule has 1 N–H and O–H groups in total. The third-order valence-electron chi connectivity index (χ3n) is 3.20. The summed E-state index contributed by atoms with van der Waals surface area (Å²) in [5.74, 6) is 0.274. The van der Waals surface area contributed by atoms with E-state index in [0.29, 0.717) is 12.5 Å². The van der Waals surface area contributed by atoms with Crippen LogP contribution in [0.3, 0.4) is 0 Å². The first-order valence-electron chi connectivity index (χ1n) is 6.69. The van der Waals surface area contributed by atoms with E-state index in [1.165, 1.54) is 4.90 Å². The second kappa shape index (κ2) is 5.97. The number of likely N-dealkylation sites (tertiary alicyclic amines) is 1. The second-order valence-electron chi connectivity index (χ2n) is 5.36. The Labute approximate surface area is 113 Å². The zero-order valence-electron chi connectivity index (χ0n) is 11.4. The third kappa shape index (κ3) is 3.41. The normalized spacial score (nSPS) is 19.5. The summed E-state index contributed by atoms with van der Waals surface area (Å²) < 4.78 is 0. The van der Waals surface area contributed by atoms with Gasteiger partial charge in [-0.15, -0.1) is 0 Å². The molecular formula is C15H20N2O2. The van der Waals surface area contributed by atoms with Gasteiger partial charge in [0.1, 0.15) is 0 Å². The summed E-state index contributed by atoms with van der Waals surface area (Å²) in [6.45, 7) is 5.28. The molecule has 1 aliphatic rings. The van der Waals surface area contributed by atoms with Crippen molar-refractivity contribution in [3.8, 4) is 0 Å². The molecule has 1 aromatic rings. The van der Waals surface area contributed by atoms with Crippen molar-refractivity contribution in [1.29, 1.82) is 0 Å². The number of hydrogen-bond acceptors (Lipinski definition) is 3. The molecule has 1 atom stereocenters. The lowest BCUT2D eigenvalue weighted by molar-refractivity contribution is -0.139. The van der Waals surface area contributed by atoms with Gasteiger partial charge in [0.05, 0.1) is 19.0 Å². The summed E-state index contributed by atoms with van der Waals surface area (Å²) in [6.07, 6.45) is 0.276. The van der Waals surface area contributed by atoms with Gasteiger partial charge in [-0.05, 0) is 18.0 Å². The molecular weight excluding hydrogens is 240 g/mol. The molecule has 4 nitrogen and oxygen atoms in total. The van der Waals surface area contributed by atoms with Crippen molar-refractivity contribution < 1.29 is 9.59 Å². The fourth-order valence-corrected chi connectivity index (χ4v) is 2.15. The van der Waals surface area contributed by atoms with Crippen molar-refractivity contribution in [3.05, 3.63) is 35.9 Å². The average molecular weight is 260 g/mol. The molecule has 2 amide bonds. The van der Waals surface area contributed by atoms with Crippen molar-refractivity contribution in [2.24, 2.45) is 5.92 Å². The van der Waals surface area contributed by atoms with Crippen molar-refractivity contribution in [3.63, 3.8) is 0 Å². The van der Waals surface area contributed by atoms with E-state index in [1.54, 1.807) is 0 Å². The Morgan fingerprint density at radius 3 is 2.58 bits per heavy atom. The molecule has 2 rings (SSSR count). The first kappa shape index (κ1) is 13.7. The average Bonchev–Trinajstić information content (AvgIpc) is 2.65. The van der Waals surface area contributed by atoms with Crippen LogP contribution in [0.2, 0.25) is 0 Å². The van der Waals surface area contributed by atoms with Crippen LogP contribution in [0.15, 0.2) is 30.3 Å². The smallest absolute Gasteiger partial charge is 0.247 e. The molecule has 0 bridgehead atoms. The molecule has 0 saturated carbocycles. The van der Waals surface area contributed by atoms with Crippen LogP contribution < -0.4 is 5.32 Å². The number of nitrogens with one attached hydrogen (secondary N) is 1. The summed E-state index contributed by atoms with van der Waals surface area (Å²) in [5.41, 5.74) is 0.980. The maximum absolute atomic E-state index is 12.2. The molecule has 1 aromatic carbocycles. The third-order valence-corrected chi connectivity index (χ3v) is 3.20. The molecule has 1 saturated heterocycles. The number of nitrogens with zero attached hydrogens (tertiary/aromatic N) is 1. The van der Waals surface area contributed by atoms with Crippen LogP contribution >= 0.6 is 0 Å². The summed E-state index contributed by atoms with van der Waals surface area (Å²) in [5, 5.41) is 3.16. The molecule has 1 fully saturated rings. The summed E-state index contributed by atoms with van der Waals surface area (Å²) in [4.78, 5) is 25.4. The Bertz CT molecular complexity index is 456. The van der Waals surface area contributed by atoms with E-state index in [0.717, 1.165) is 12.1 Å². The summed E-state index contributed by atoms with van der Waals surface area (Å²) in [7, 11) is 0. The van der Waals surface area contributed by atoms with Crippen LogP contribution in [0.1, 0.15) is 25.8 Å². The number of carbonyl (C=O) groups excluding carboxylic acids is 2. The van der Waals surface area contributed by atoms with Crippen LogP contribution in [0, 0.1) is 5.92 Å². The minimum absolute atomic E-state index is 0.0879. The second-order valence-corrected chi connectivity index (χ2v) is 5.36. The van der Waals surface area contributed by atoms with Gasteiger partial charge >= 0.3 is 0 Å². The van der Waals surface area contributed by atoms with Gasteiger partial charge in [0.15, 0.2) is 0 Å². The number of benzene rings is 1. The Hall–Kier alpha value is -1.68. The molecule has 1 aliphatic heterocycles. The highest BCUT2D eigenvalue weighted by Crippen LogP contribution is 2.16. The van der Waals surface area contributed by atoms with E-state index in [9.17, 15) is 9.59 Å². The highest BCUT2D eigenvalue weighted by atomic mass is 16.2. The maximum atomic E-state index is 12.2. The SMILES string of the molecule is CC(C)CN[C@@H]1CC(=O)N(Cc2ccccc2)C1=O. The molecule has 4 heteroatoms. The molecule has 102 valence electrons. The highest BCUT2D eigenvalue weighted by molar-refractivity contribution is 6.05. The van der Waals surface area contributed by atoms with Gasteiger partial charge in [0, 0.05) is 0 Å². The Balaban J connectivity index is 1.98. The van der Waals surface area contributed by atoms with Crippen LogP contribution in [0.25, 0.3) is 0 Å². The van der Waals surface area contributed by atoms with Crippen molar-refractivity contribution >= 4 is 11.8 Å². The Morgan fingerprint density at radius 2 is 1.95 bits per heavy atom. The van der Waals surface area contributed by atoms with Gasteiger partial charge in [-0.1, -0.05) is 44.2 Å². The summed E-state index contributed by atoms with van der Waals surface area (Å²) in [6, 6.07) is 9.25. The van der Waals surface area contributed by atoms with Gasteiger partial charge in [0.25, 0.3) is 0 Å². The zero-order valence-corrected chi connectivity index (χ0v) is 11.4. The number of amides is 2. The Morgan fingerprint density at radius 1 is 1.26 bits per heavy atom. The quantitative estimate of drug-likeness (QED) is 0.817. The standard InChI is InChI=1S/C15H20N2O2/c1-11(2)9-16-13-8-14(18)17(15(13)19)10-12-6-4-3-5-7-12/h3-7,11,13,16H,8-10H2,1-2H3/t13-/m1/s1. The monoisotopic (exact) mass is 260 g/mol. The van der Waals surface area contributed by atoms with Crippen LogP contribution in [-0.2, 0) is 16.1 Å². The maximum Gasteiger partial charge on any atom is 0.247 e. The number of imide groups is 1. The molecule has 0 aliphatic carbocycles. The van der Waals surface area contributed by atoms with E-state index >= 15 is 0 Å².